The maximum atomic E-state index is 12.6. The number of amides is 2. The maximum Gasteiger partial charge on any atom is 0.405 e. The molecule has 0 atom stereocenters. The monoisotopic (exact) mass is 318 g/mol. The molecule has 1 spiro atoms. The fourth-order valence-electron chi connectivity index (χ4n) is 3.59. The summed E-state index contributed by atoms with van der Waals surface area (Å²) in [5.41, 5.74) is 1.04. The Morgan fingerprint density at radius 1 is 1.26 bits per heavy atom. The van der Waals surface area contributed by atoms with Crippen molar-refractivity contribution in [2.75, 3.05) is 13.1 Å². The van der Waals surface area contributed by atoms with E-state index >= 15 is 0 Å². The zero-order chi connectivity index (χ0) is 16.7. The van der Waals surface area contributed by atoms with E-state index in [1.54, 1.807) is 18.7 Å². The van der Waals surface area contributed by atoms with Crippen LogP contribution < -0.4 is 5.32 Å². The first kappa shape index (κ1) is 15.8. The lowest BCUT2D eigenvalue weighted by molar-refractivity contribution is -0.143. The van der Waals surface area contributed by atoms with E-state index in [1.807, 2.05) is 12.1 Å². The van der Waals surface area contributed by atoms with Gasteiger partial charge in [-0.25, -0.2) is 4.79 Å². The van der Waals surface area contributed by atoms with Crippen molar-refractivity contribution in [1.29, 1.82) is 0 Å². The van der Waals surface area contributed by atoms with Gasteiger partial charge in [0, 0.05) is 13.1 Å². The highest BCUT2D eigenvalue weighted by Gasteiger charge is 2.45. The fraction of sp³-hybridized carbons (Fsp3) is 0.529. The molecule has 1 saturated heterocycles. The Labute approximate surface area is 135 Å². The number of hydrogen-bond acceptors (Lipinski definition) is 3. The normalized spacial score (nSPS) is 19.5. The van der Waals surface area contributed by atoms with Crippen LogP contribution >= 0.6 is 0 Å². The first-order valence-corrected chi connectivity index (χ1v) is 7.87. The van der Waals surface area contributed by atoms with Crippen LogP contribution in [0.4, 0.5) is 4.79 Å². The Bertz CT molecular complexity index is 633. The van der Waals surface area contributed by atoms with Crippen LogP contribution in [0.3, 0.4) is 0 Å². The van der Waals surface area contributed by atoms with Crippen molar-refractivity contribution < 1.29 is 19.4 Å². The van der Waals surface area contributed by atoms with Crippen LogP contribution in [0, 0.1) is 0 Å². The van der Waals surface area contributed by atoms with Gasteiger partial charge in [0.2, 0.25) is 5.91 Å². The zero-order valence-corrected chi connectivity index (χ0v) is 13.5. The van der Waals surface area contributed by atoms with Crippen molar-refractivity contribution in [2.45, 2.75) is 44.4 Å². The molecule has 23 heavy (non-hydrogen) atoms. The Balaban J connectivity index is 1.70. The first-order chi connectivity index (χ1) is 10.8. The summed E-state index contributed by atoms with van der Waals surface area (Å²) in [7, 11) is 0. The highest BCUT2D eigenvalue weighted by molar-refractivity contribution is 5.88. The molecular weight excluding hydrogens is 296 g/mol. The molecule has 0 saturated carbocycles. The van der Waals surface area contributed by atoms with Gasteiger partial charge in [-0.2, -0.15) is 0 Å². The average molecular weight is 318 g/mol. The Hall–Kier alpha value is -2.08. The molecule has 1 aromatic carbocycles. The second kappa shape index (κ2) is 5.53. The third-order valence-corrected chi connectivity index (χ3v) is 4.82. The molecule has 0 bridgehead atoms. The summed E-state index contributed by atoms with van der Waals surface area (Å²) in [5.74, 6) is -0.193. The topological polar surface area (TPSA) is 78.9 Å². The molecule has 2 heterocycles. The smallest absolute Gasteiger partial charge is 0.405 e. The van der Waals surface area contributed by atoms with Crippen molar-refractivity contribution >= 4 is 12.0 Å². The molecule has 0 radical (unpaired) electrons. The summed E-state index contributed by atoms with van der Waals surface area (Å²) in [6.07, 6.45) is 0.280. The van der Waals surface area contributed by atoms with Crippen LogP contribution in [0.15, 0.2) is 24.3 Å². The van der Waals surface area contributed by atoms with E-state index in [1.165, 1.54) is 11.1 Å². The van der Waals surface area contributed by atoms with Gasteiger partial charge in [0.1, 0.15) is 5.54 Å². The average Bonchev–Trinajstić information content (AvgIpc) is 2.85. The molecule has 6 heteroatoms. The lowest BCUT2D eigenvalue weighted by Gasteiger charge is -2.41. The van der Waals surface area contributed by atoms with E-state index in [0.29, 0.717) is 19.7 Å². The highest BCUT2D eigenvalue weighted by atomic mass is 16.5. The van der Waals surface area contributed by atoms with E-state index < -0.39 is 11.6 Å². The number of nitrogens with one attached hydrogen (secondary N) is 1. The van der Waals surface area contributed by atoms with Crippen LogP contribution in [0.2, 0.25) is 0 Å². The second-order valence-electron chi connectivity index (χ2n) is 6.79. The SMILES string of the molecule is CC(C)(NC(=O)O)C(=O)N1CCC2(CC1)OCc1ccccc12. The molecule has 2 amide bonds. The molecule has 2 aliphatic rings. The van der Waals surface area contributed by atoms with Crippen molar-refractivity contribution in [2.24, 2.45) is 0 Å². The number of nitrogens with zero attached hydrogens (tertiary/aromatic N) is 1. The summed E-state index contributed by atoms with van der Waals surface area (Å²) in [6.45, 7) is 4.94. The number of carboxylic acid groups (broad SMARTS) is 1. The minimum atomic E-state index is -1.19. The summed E-state index contributed by atoms with van der Waals surface area (Å²) < 4.78 is 6.08. The number of carbonyl (C=O) groups is 2. The molecule has 0 unspecified atom stereocenters. The largest absolute Gasteiger partial charge is 0.465 e. The number of hydrogen-bond donors (Lipinski definition) is 2. The minimum absolute atomic E-state index is 0.193. The van der Waals surface area contributed by atoms with Gasteiger partial charge in [0.15, 0.2) is 0 Å². The molecule has 3 rings (SSSR count). The lowest BCUT2D eigenvalue weighted by atomic mass is 9.83. The molecule has 6 nitrogen and oxygen atoms in total. The Morgan fingerprint density at radius 2 is 1.91 bits per heavy atom. The Morgan fingerprint density at radius 3 is 2.57 bits per heavy atom. The number of likely N-dealkylation sites (tertiary alicyclic amines) is 1. The predicted octanol–water partition coefficient (Wildman–Crippen LogP) is 2.08. The van der Waals surface area contributed by atoms with Gasteiger partial charge < -0.3 is 20.1 Å². The van der Waals surface area contributed by atoms with Gasteiger partial charge >= 0.3 is 6.09 Å². The number of benzene rings is 1. The molecule has 2 N–H and O–H groups in total. The number of carbonyl (C=O) groups excluding carboxylic acids is 1. The quantitative estimate of drug-likeness (QED) is 0.875. The van der Waals surface area contributed by atoms with Crippen molar-refractivity contribution in [3.05, 3.63) is 35.4 Å². The predicted molar refractivity (Wildman–Crippen MR) is 84.0 cm³/mol. The van der Waals surface area contributed by atoms with E-state index in [-0.39, 0.29) is 11.5 Å². The van der Waals surface area contributed by atoms with Gasteiger partial charge in [-0.1, -0.05) is 24.3 Å². The standard InChI is InChI=1S/C17H22N2O4/c1-16(2,18-15(21)22)14(20)19-9-7-17(8-10-19)13-6-4-3-5-12(13)11-23-17/h3-6,18H,7-11H2,1-2H3,(H,21,22). The third kappa shape index (κ3) is 2.79. The Kier molecular flexibility index (Phi) is 3.80. The van der Waals surface area contributed by atoms with Gasteiger partial charge in [-0.3, -0.25) is 4.79 Å². The van der Waals surface area contributed by atoms with Crippen LogP contribution in [0.5, 0.6) is 0 Å². The van der Waals surface area contributed by atoms with Gasteiger partial charge in [-0.05, 0) is 37.8 Å². The first-order valence-electron chi connectivity index (χ1n) is 7.87. The van der Waals surface area contributed by atoms with Crippen LogP contribution in [0.25, 0.3) is 0 Å². The molecule has 1 fully saturated rings. The third-order valence-electron chi connectivity index (χ3n) is 4.82. The van der Waals surface area contributed by atoms with Crippen LogP contribution in [-0.4, -0.2) is 40.6 Å². The summed E-state index contributed by atoms with van der Waals surface area (Å²) >= 11 is 0. The number of fused-ring (bicyclic) bond motifs is 2. The summed E-state index contributed by atoms with van der Waals surface area (Å²) in [5, 5.41) is 11.2. The molecule has 2 aliphatic heterocycles. The highest BCUT2D eigenvalue weighted by Crippen LogP contribution is 2.44. The molecule has 0 aromatic heterocycles. The minimum Gasteiger partial charge on any atom is -0.465 e. The number of piperidine rings is 1. The van der Waals surface area contributed by atoms with Gasteiger partial charge in [-0.15, -0.1) is 0 Å². The van der Waals surface area contributed by atoms with Crippen LogP contribution in [0.1, 0.15) is 37.8 Å². The molecule has 124 valence electrons. The van der Waals surface area contributed by atoms with E-state index in [0.717, 1.165) is 12.8 Å². The van der Waals surface area contributed by atoms with E-state index in [9.17, 15) is 9.59 Å². The van der Waals surface area contributed by atoms with Gasteiger partial charge in [0.05, 0.1) is 12.2 Å². The number of rotatable bonds is 2. The maximum absolute atomic E-state index is 12.6. The summed E-state index contributed by atoms with van der Waals surface area (Å²) in [4.78, 5) is 25.1. The fourth-order valence-corrected chi connectivity index (χ4v) is 3.59. The second-order valence-corrected chi connectivity index (χ2v) is 6.79. The zero-order valence-electron chi connectivity index (χ0n) is 13.5. The lowest BCUT2D eigenvalue weighted by Crippen LogP contribution is -2.58. The summed E-state index contributed by atoms with van der Waals surface area (Å²) in [6, 6.07) is 8.23. The van der Waals surface area contributed by atoms with E-state index in [4.69, 9.17) is 9.84 Å². The van der Waals surface area contributed by atoms with Crippen molar-refractivity contribution in [3.8, 4) is 0 Å². The molecule has 0 aliphatic carbocycles. The molecule has 1 aromatic rings. The van der Waals surface area contributed by atoms with Gasteiger partial charge in [0.25, 0.3) is 0 Å². The van der Waals surface area contributed by atoms with Crippen molar-refractivity contribution in [1.82, 2.24) is 10.2 Å². The molecular formula is C17H22N2O4. The van der Waals surface area contributed by atoms with E-state index in [2.05, 4.69) is 17.4 Å². The van der Waals surface area contributed by atoms with Crippen molar-refractivity contribution in [3.63, 3.8) is 0 Å². The number of ether oxygens (including phenoxy) is 1. The van der Waals surface area contributed by atoms with Crippen LogP contribution in [-0.2, 0) is 21.7 Å².